The SMILES string of the molecule is NCC1CN(C2CCN(c3cccc(-n4cccn4)c3)CC2)CCO1.O=C(O)C(F)(F)F.O=C(O)C(F)(F)F. The van der Waals surface area contributed by atoms with Crippen LogP contribution >= 0.6 is 0 Å². The monoisotopic (exact) mass is 569 g/mol. The van der Waals surface area contributed by atoms with Crippen LogP contribution in [0, 0.1) is 0 Å². The molecule has 0 radical (unpaired) electrons. The Balaban J connectivity index is 0.000000317. The van der Waals surface area contributed by atoms with Gasteiger partial charge in [-0.1, -0.05) is 6.07 Å². The first-order chi connectivity index (χ1) is 18.2. The van der Waals surface area contributed by atoms with E-state index in [0.29, 0.717) is 12.6 Å². The molecule has 0 amide bonds. The summed E-state index contributed by atoms with van der Waals surface area (Å²) in [5, 5.41) is 18.6. The third-order valence-electron chi connectivity index (χ3n) is 5.86. The summed E-state index contributed by atoms with van der Waals surface area (Å²) in [6.07, 6.45) is -3.77. The van der Waals surface area contributed by atoms with E-state index in [1.807, 2.05) is 23.1 Å². The molecule has 10 nitrogen and oxygen atoms in total. The quantitative estimate of drug-likeness (QED) is 0.476. The Hall–Kier alpha value is -3.37. The summed E-state index contributed by atoms with van der Waals surface area (Å²) in [6.45, 7) is 5.64. The summed E-state index contributed by atoms with van der Waals surface area (Å²) < 4.78 is 71.1. The number of morpholine rings is 1. The van der Waals surface area contributed by atoms with Crippen LogP contribution in [0.4, 0.5) is 32.0 Å². The van der Waals surface area contributed by atoms with Crippen LogP contribution in [0.25, 0.3) is 5.69 Å². The fraction of sp³-hybridized carbons (Fsp3) is 0.522. The zero-order chi connectivity index (χ0) is 29.2. The molecular formula is C23H29F6N5O5. The molecule has 1 aromatic heterocycles. The van der Waals surface area contributed by atoms with Gasteiger partial charge in [0.1, 0.15) is 0 Å². The molecule has 4 N–H and O–H groups in total. The number of aromatic nitrogens is 2. The van der Waals surface area contributed by atoms with Gasteiger partial charge in [-0.2, -0.15) is 31.4 Å². The van der Waals surface area contributed by atoms with Gasteiger partial charge in [0, 0.05) is 56.8 Å². The summed E-state index contributed by atoms with van der Waals surface area (Å²) in [5.41, 5.74) is 8.18. The molecule has 0 spiro atoms. The van der Waals surface area contributed by atoms with Crippen LogP contribution in [0.5, 0.6) is 0 Å². The smallest absolute Gasteiger partial charge is 0.475 e. The maximum Gasteiger partial charge on any atom is 0.490 e. The van der Waals surface area contributed by atoms with E-state index in [9.17, 15) is 26.3 Å². The van der Waals surface area contributed by atoms with Gasteiger partial charge in [-0.25, -0.2) is 14.3 Å². The van der Waals surface area contributed by atoms with Crippen molar-refractivity contribution in [3.63, 3.8) is 0 Å². The molecule has 0 saturated carbocycles. The topological polar surface area (TPSA) is 134 Å². The molecule has 1 unspecified atom stereocenters. The average molecular weight is 570 g/mol. The van der Waals surface area contributed by atoms with Gasteiger partial charge in [0.2, 0.25) is 0 Å². The highest BCUT2D eigenvalue weighted by atomic mass is 19.4. The minimum Gasteiger partial charge on any atom is -0.475 e. The molecule has 4 rings (SSSR count). The lowest BCUT2D eigenvalue weighted by Gasteiger charge is -2.42. The first-order valence-electron chi connectivity index (χ1n) is 11.7. The van der Waals surface area contributed by atoms with E-state index in [0.717, 1.165) is 38.5 Å². The molecule has 2 aromatic rings. The van der Waals surface area contributed by atoms with Crippen LogP contribution in [0.15, 0.2) is 42.7 Å². The van der Waals surface area contributed by atoms with Crippen molar-refractivity contribution < 1.29 is 50.9 Å². The number of nitrogens with two attached hydrogens (primary N) is 1. The van der Waals surface area contributed by atoms with E-state index < -0.39 is 24.3 Å². The van der Waals surface area contributed by atoms with Crippen LogP contribution in [0.1, 0.15) is 12.8 Å². The van der Waals surface area contributed by atoms with Gasteiger partial charge in [0.15, 0.2) is 0 Å². The third kappa shape index (κ3) is 10.4. The largest absolute Gasteiger partial charge is 0.490 e. The summed E-state index contributed by atoms with van der Waals surface area (Å²) in [5.74, 6) is -5.51. The highest BCUT2D eigenvalue weighted by molar-refractivity contribution is 5.73. The fourth-order valence-electron chi connectivity index (χ4n) is 3.96. The highest BCUT2D eigenvalue weighted by Crippen LogP contribution is 2.25. The first kappa shape index (κ1) is 31.8. The van der Waals surface area contributed by atoms with E-state index in [1.54, 1.807) is 0 Å². The van der Waals surface area contributed by atoms with Crippen LogP contribution in [-0.2, 0) is 14.3 Å². The van der Waals surface area contributed by atoms with Gasteiger partial charge in [0.05, 0.1) is 18.4 Å². The lowest BCUT2D eigenvalue weighted by Crippen LogP contribution is -2.53. The molecule has 1 aromatic carbocycles. The average Bonchev–Trinajstić information content (AvgIpc) is 3.44. The normalized spacial score (nSPS) is 18.8. The zero-order valence-corrected chi connectivity index (χ0v) is 20.6. The lowest BCUT2D eigenvalue weighted by molar-refractivity contribution is -0.193. The number of rotatable bonds is 4. The van der Waals surface area contributed by atoms with Gasteiger partial charge < -0.3 is 25.6 Å². The van der Waals surface area contributed by atoms with Crippen molar-refractivity contribution in [2.75, 3.05) is 44.2 Å². The summed E-state index contributed by atoms with van der Waals surface area (Å²) in [6, 6.07) is 11.3. The molecule has 2 aliphatic rings. The molecule has 2 saturated heterocycles. The Morgan fingerprint density at radius 2 is 1.54 bits per heavy atom. The molecule has 218 valence electrons. The number of carboxylic acid groups (broad SMARTS) is 2. The number of aliphatic carboxylic acids is 2. The van der Waals surface area contributed by atoms with E-state index in [1.165, 1.54) is 18.5 Å². The standard InChI is InChI=1S/C19H27N5O.2C2HF3O2/c20-14-19-15-23(11-12-25-19)16-5-9-22(10-6-16)17-3-1-4-18(13-17)24-8-2-7-21-24;2*3-2(4,5)1(6)7/h1-4,7-8,13,16,19H,5-6,9-12,14-15,20H2;2*(H,6,7). The Bertz CT molecular complexity index is 1020. The Morgan fingerprint density at radius 1 is 0.974 bits per heavy atom. The minimum atomic E-state index is -5.08. The summed E-state index contributed by atoms with van der Waals surface area (Å²) >= 11 is 0. The van der Waals surface area contributed by atoms with Crippen molar-refractivity contribution in [1.29, 1.82) is 0 Å². The van der Waals surface area contributed by atoms with Crippen molar-refractivity contribution in [3.8, 4) is 5.69 Å². The molecular weight excluding hydrogens is 540 g/mol. The zero-order valence-electron chi connectivity index (χ0n) is 20.6. The third-order valence-corrected chi connectivity index (χ3v) is 5.86. The summed E-state index contributed by atoms with van der Waals surface area (Å²) in [7, 11) is 0. The Morgan fingerprint density at radius 3 is 2.03 bits per heavy atom. The van der Waals surface area contributed by atoms with Gasteiger partial charge in [-0.05, 0) is 37.1 Å². The van der Waals surface area contributed by atoms with Crippen LogP contribution < -0.4 is 10.6 Å². The number of ether oxygens (including phenoxy) is 1. The van der Waals surface area contributed by atoms with Gasteiger partial charge in [-0.3, -0.25) is 4.90 Å². The van der Waals surface area contributed by atoms with E-state index >= 15 is 0 Å². The van der Waals surface area contributed by atoms with Crippen molar-refractivity contribution in [2.45, 2.75) is 37.3 Å². The number of carbonyl (C=O) groups is 2. The minimum absolute atomic E-state index is 0.206. The number of hydrogen-bond acceptors (Lipinski definition) is 7. The van der Waals surface area contributed by atoms with Gasteiger partial charge in [0.25, 0.3) is 0 Å². The fourth-order valence-corrected chi connectivity index (χ4v) is 3.96. The molecule has 0 bridgehead atoms. The molecule has 0 aliphatic carbocycles. The van der Waals surface area contributed by atoms with Crippen molar-refractivity contribution in [3.05, 3.63) is 42.7 Å². The van der Waals surface area contributed by atoms with Crippen LogP contribution in [0.3, 0.4) is 0 Å². The second kappa shape index (κ2) is 14.1. The molecule has 2 fully saturated rings. The number of hydrogen-bond donors (Lipinski definition) is 3. The maximum atomic E-state index is 10.6. The van der Waals surface area contributed by atoms with E-state index in [2.05, 4.69) is 39.2 Å². The maximum absolute atomic E-state index is 10.6. The lowest BCUT2D eigenvalue weighted by atomic mass is 10.0. The number of piperidine rings is 1. The second-order valence-corrected chi connectivity index (χ2v) is 8.52. The van der Waals surface area contributed by atoms with Crippen molar-refractivity contribution >= 4 is 17.6 Å². The van der Waals surface area contributed by atoms with E-state index in [-0.39, 0.29) is 6.10 Å². The summed E-state index contributed by atoms with van der Waals surface area (Å²) in [4.78, 5) is 22.9. The van der Waals surface area contributed by atoms with E-state index in [4.69, 9.17) is 30.3 Å². The molecule has 39 heavy (non-hydrogen) atoms. The van der Waals surface area contributed by atoms with Gasteiger partial charge in [-0.15, -0.1) is 0 Å². The number of anilines is 1. The number of benzene rings is 1. The predicted octanol–water partition coefficient (Wildman–Crippen LogP) is 2.77. The predicted molar refractivity (Wildman–Crippen MR) is 127 cm³/mol. The molecule has 16 heteroatoms. The second-order valence-electron chi connectivity index (χ2n) is 8.52. The first-order valence-corrected chi connectivity index (χ1v) is 11.7. The van der Waals surface area contributed by atoms with Crippen LogP contribution in [0.2, 0.25) is 0 Å². The van der Waals surface area contributed by atoms with Crippen molar-refractivity contribution in [1.82, 2.24) is 14.7 Å². The number of nitrogens with zero attached hydrogens (tertiary/aromatic N) is 4. The Labute approximate surface area is 219 Å². The molecule has 2 aliphatic heterocycles. The van der Waals surface area contributed by atoms with Crippen molar-refractivity contribution in [2.24, 2.45) is 5.73 Å². The van der Waals surface area contributed by atoms with Crippen LogP contribution in [-0.4, -0.2) is 101 Å². The molecule has 1 atom stereocenters. The number of carboxylic acids is 2. The number of alkyl halides is 6. The highest BCUT2D eigenvalue weighted by Gasteiger charge is 2.39. The number of halogens is 6. The Kier molecular flexibility index (Phi) is 11.5. The van der Waals surface area contributed by atoms with Gasteiger partial charge >= 0.3 is 24.3 Å². The molecule has 3 heterocycles.